The lowest BCUT2D eigenvalue weighted by Crippen LogP contribution is -2.19. The monoisotopic (exact) mass is 546 g/mol. The highest BCUT2D eigenvalue weighted by Crippen LogP contribution is 2.39. The van der Waals surface area contributed by atoms with Gasteiger partial charge in [-0.3, -0.25) is 9.71 Å². The summed E-state index contributed by atoms with van der Waals surface area (Å²) in [6.45, 7) is 0. The number of methoxy groups -OCH3 is 1. The standard InChI is InChI=1S/C29H39FN2O5S/c1-37-28-17-24(29(33)34)25(30)18-27(28)32-38(35,36)23-15-16-26(31-19-23)22-13-7-11-21(12-8-14-22)20-9-5-3-2-4-6-10-20/h15-22,32H,2-14H2,1H3,(H,33,34). The van der Waals surface area contributed by atoms with E-state index >= 15 is 0 Å². The summed E-state index contributed by atoms with van der Waals surface area (Å²) in [5, 5.41) is 9.10. The zero-order chi connectivity index (χ0) is 27.1. The third-order valence-electron chi connectivity index (χ3n) is 8.32. The fourth-order valence-electron chi connectivity index (χ4n) is 6.23. The van der Waals surface area contributed by atoms with Crippen LogP contribution in [0.3, 0.4) is 0 Å². The molecule has 2 aliphatic rings. The van der Waals surface area contributed by atoms with Gasteiger partial charge >= 0.3 is 5.97 Å². The molecule has 0 atom stereocenters. The van der Waals surface area contributed by atoms with Crippen LogP contribution >= 0.6 is 0 Å². The lowest BCUT2D eigenvalue weighted by atomic mass is 9.74. The number of aromatic carboxylic acids is 1. The molecule has 0 aliphatic heterocycles. The van der Waals surface area contributed by atoms with Gasteiger partial charge in [-0.25, -0.2) is 17.6 Å². The second-order valence-electron chi connectivity index (χ2n) is 10.8. The Morgan fingerprint density at radius 1 is 0.947 bits per heavy atom. The highest BCUT2D eigenvalue weighted by atomic mass is 32.2. The summed E-state index contributed by atoms with van der Waals surface area (Å²) in [5.74, 6) is -0.591. The Morgan fingerprint density at radius 2 is 1.55 bits per heavy atom. The number of pyridine rings is 1. The molecule has 0 saturated heterocycles. The zero-order valence-electron chi connectivity index (χ0n) is 22.1. The Bertz CT molecular complexity index is 1180. The van der Waals surface area contributed by atoms with E-state index in [4.69, 9.17) is 9.84 Å². The van der Waals surface area contributed by atoms with Crippen molar-refractivity contribution in [3.63, 3.8) is 0 Å². The minimum atomic E-state index is -4.09. The summed E-state index contributed by atoms with van der Waals surface area (Å²) >= 11 is 0. The molecule has 2 N–H and O–H groups in total. The van der Waals surface area contributed by atoms with Gasteiger partial charge in [0, 0.05) is 23.9 Å². The molecule has 4 rings (SSSR count). The van der Waals surface area contributed by atoms with Crippen molar-refractivity contribution in [3.05, 3.63) is 47.5 Å². The number of carboxylic acid groups (broad SMARTS) is 1. The predicted octanol–water partition coefficient (Wildman–Crippen LogP) is 7.14. The Balaban J connectivity index is 1.39. The molecule has 0 radical (unpaired) electrons. The van der Waals surface area contributed by atoms with Crippen LogP contribution in [0.15, 0.2) is 35.4 Å². The van der Waals surface area contributed by atoms with Crippen LogP contribution in [-0.2, 0) is 10.0 Å². The number of rotatable bonds is 7. The normalized spacial score (nSPS) is 21.9. The molecule has 38 heavy (non-hydrogen) atoms. The van der Waals surface area contributed by atoms with E-state index in [-0.39, 0.29) is 16.3 Å². The highest BCUT2D eigenvalue weighted by Gasteiger charge is 2.26. The van der Waals surface area contributed by atoms with Crippen LogP contribution in [0.2, 0.25) is 0 Å². The summed E-state index contributed by atoms with van der Waals surface area (Å²) in [4.78, 5) is 15.6. The van der Waals surface area contributed by atoms with Gasteiger partial charge in [0.2, 0.25) is 0 Å². The minimum Gasteiger partial charge on any atom is -0.495 e. The number of sulfonamides is 1. The number of hydrogen-bond donors (Lipinski definition) is 2. The molecule has 0 amide bonds. The van der Waals surface area contributed by atoms with Crippen molar-refractivity contribution in [1.82, 2.24) is 4.98 Å². The topological polar surface area (TPSA) is 106 Å². The number of benzene rings is 1. The van der Waals surface area contributed by atoms with E-state index in [1.165, 1.54) is 90.0 Å². The first-order chi connectivity index (χ1) is 18.3. The van der Waals surface area contributed by atoms with Crippen molar-refractivity contribution in [2.45, 2.75) is 94.3 Å². The van der Waals surface area contributed by atoms with Crippen molar-refractivity contribution in [1.29, 1.82) is 0 Å². The van der Waals surface area contributed by atoms with E-state index in [1.54, 1.807) is 6.07 Å². The number of anilines is 1. The van der Waals surface area contributed by atoms with Crippen LogP contribution in [0.5, 0.6) is 5.75 Å². The lowest BCUT2D eigenvalue weighted by molar-refractivity contribution is 0.0691. The maximum atomic E-state index is 14.2. The van der Waals surface area contributed by atoms with E-state index in [1.807, 2.05) is 0 Å². The fraction of sp³-hybridized carbons (Fsp3) is 0.586. The number of hydrogen-bond acceptors (Lipinski definition) is 5. The number of nitrogens with zero attached hydrogens (tertiary/aromatic N) is 1. The number of carbonyl (C=O) groups is 1. The van der Waals surface area contributed by atoms with Gasteiger partial charge in [0.25, 0.3) is 10.0 Å². The van der Waals surface area contributed by atoms with Crippen LogP contribution in [0, 0.1) is 17.7 Å². The zero-order valence-corrected chi connectivity index (χ0v) is 22.9. The van der Waals surface area contributed by atoms with Gasteiger partial charge in [-0.1, -0.05) is 70.6 Å². The number of carboxylic acids is 1. The second kappa shape index (κ2) is 12.9. The maximum absolute atomic E-state index is 14.2. The molecule has 9 heteroatoms. The van der Waals surface area contributed by atoms with E-state index in [2.05, 4.69) is 9.71 Å². The average molecular weight is 547 g/mol. The second-order valence-corrected chi connectivity index (χ2v) is 12.5. The molecule has 2 fully saturated rings. The molecule has 208 valence electrons. The van der Waals surface area contributed by atoms with Crippen LogP contribution in [0.1, 0.15) is 105 Å². The Labute approximate surface area is 225 Å². The molecule has 2 saturated carbocycles. The highest BCUT2D eigenvalue weighted by molar-refractivity contribution is 7.92. The van der Waals surface area contributed by atoms with Crippen molar-refractivity contribution >= 4 is 21.7 Å². The van der Waals surface area contributed by atoms with Crippen molar-refractivity contribution in [2.75, 3.05) is 11.8 Å². The van der Waals surface area contributed by atoms with Gasteiger partial charge < -0.3 is 9.84 Å². The molecule has 0 bridgehead atoms. The Kier molecular flexibility index (Phi) is 9.63. The van der Waals surface area contributed by atoms with Gasteiger partial charge in [-0.2, -0.15) is 0 Å². The minimum absolute atomic E-state index is 0.0544. The molecule has 0 unspecified atom stereocenters. The first kappa shape index (κ1) is 28.3. The van der Waals surface area contributed by atoms with Crippen molar-refractivity contribution in [3.8, 4) is 5.75 Å². The number of nitrogens with one attached hydrogen (secondary N) is 1. The lowest BCUT2D eigenvalue weighted by Gasteiger charge is -2.31. The quantitative estimate of drug-likeness (QED) is 0.382. The van der Waals surface area contributed by atoms with Gasteiger partial charge in [0.15, 0.2) is 0 Å². The summed E-state index contributed by atoms with van der Waals surface area (Å²) in [6.07, 6.45) is 18.1. The average Bonchev–Trinajstić information content (AvgIpc) is 2.84. The van der Waals surface area contributed by atoms with Gasteiger partial charge in [0.05, 0.1) is 18.4 Å². The molecule has 2 aromatic rings. The van der Waals surface area contributed by atoms with Crippen molar-refractivity contribution in [2.24, 2.45) is 11.8 Å². The molecule has 1 heterocycles. The summed E-state index contributed by atoms with van der Waals surface area (Å²) in [5.41, 5.74) is 0.117. The molecule has 1 aromatic carbocycles. The number of halogens is 1. The van der Waals surface area contributed by atoms with Crippen LogP contribution < -0.4 is 9.46 Å². The third kappa shape index (κ3) is 7.04. The molecule has 7 nitrogen and oxygen atoms in total. The molecule has 2 aliphatic carbocycles. The fourth-order valence-corrected chi connectivity index (χ4v) is 7.24. The Morgan fingerprint density at radius 3 is 2.11 bits per heavy atom. The Hall–Kier alpha value is -2.68. The third-order valence-corrected chi connectivity index (χ3v) is 9.67. The summed E-state index contributed by atoms with van der Waals surface area (Å²) in [7, 11) is -2.84. The molecular formula is C29H39FN2O5S. The first-order valence-electron chi connectivity index (χ1n) is 13.9. The predicted molar refractivity (Wildman–Crippen MR) is 145 cm³/mol. The summed E-state index contributed by atoms with van der Waals surface area (Å²) in [6, 6.07) is 5.06. The van der Waals surface area contributed by atoms with E-state index in [9.17, 15) is 17.6 Å². The SMILES string of the molecule is COc1cc(C(=O)O)c(F)cc1NS(=O)(=O)c1ccc(C2CCCC(C3CCCCCCC3)CCC2)nc1. The maximum Gasteiger partial charge on any atom is 0.338 e. The van der Waals surface area contributed by atoms with Crippen LogP contribution in [-0.4, -0.2) is 31.6 Å². The molecular weight excluding hydrogens is 507 g/mol. The first-order valence-corrected chi connectivity index (χ1v) is 15.4. The van der Waals surface area contributed by atoms with E-state index < -0.39 is 27.4 Å². The van der Waals surface area contributed by atoms with Gasteiger partial charge in [-0.15, -0.1) is 0 Å². The van der Waals surface area contributed by atoms with Crippen LogP contribution in [0.4, 0.5) is 10.1 Å². The summed E-state index contributed by atoms with van der Waals surface area (Å²) < 4.78 is 47.5. The van der Waals surface area contributed by atoms with Gasteiger partial charge in [-0.05, 0) is 42.9 Å². The van der Waals surface area contributed by atoms with Crippen molar-refractivity contribution < 1.29 is 27.4 Å². The largest absolute Gasteiger partial charge is 0.495 e. The van der Waals surface area contributed by atoms with Crippen LogP contribution in [0.25, 0.3) is 0 Å². The smallest absolute Gasteiger partial charge is 0.338 e. The number of aromatic nitrogens is 1. The van der Waals surface area contributed by atoms with E-state index in [0.29, 0.717) is 5.92 Å². The number of ether oxygens (including phenoxy) is 1. The molecule has 1 aromatic heterocycles. The molecule has 0 spiro atoms. The van der Waals surface area contributed by atoms with E-state index in [0.717, 1.165) is 42.5 Å². The van der Waals surface area contributed by atoms with Gasteiger partial charge in [0.1, 0.15) is 16.5 Å².